The first-order valence-corrected chi connectivity index (χ1v) is 6.47. The molecule has 0 rings (SSSR count). The van der Waals surface area contributed by atoms with Gasteiger partial charge in [-0.3, -0.25) is 4.21 Å². The second-order valence-corrected chi connectivity index (χ2v) is 5.49. The number of carbonyl (C=O) groups excluding carboxylic acids is 1. The maximum Gasteiger partial charge on any atom is 0.329 e. The maximum atomic E-state index is 11.5. The van der Waals surface area contributed by atoms with E-state index in [1.807, 2.05) is 0 Å². The summed E-state index contributed by atoms with van der Waals surface area (Å²) in [7, 11) is 0.434. The molecular formula is C9H18N2O4S. The van der Waals surface area contributed by atoms with Gasteiger partial charge in [0.2, 0.25) is 0 Å². The van der Waals surface area contributed by atoms with Gasteiger partial charge in [0.05, 0.1) is 0 Å². The fraction of sp³-hybridized carbons (Fsp3) is 0.778. The zero-order valence-corrected chi connectivity index (χ0v) is 10.8. The standard InChI is InChI=1S/C9H18N2O4S/c1-9(2,7(12)13)11(3)8(14)10-5-6-16(4)15/h5-6H2,1-4H3,(H,10,14)(H,12,13). The van der Waals surface area contributed by atoms with Crippen LogP contribution < -0.4 is 5.32 Å². The van der Waals surface area contributed by atoms with Crippen LogP contribution >= 0.6 is 0 Å². The molecule has 0 aliphatic heterocycles. The van der Waals surface area contributed by atoms with Crippen LogP contribution in [0.1, 0.15) is 13.8 Å². The summed E-state index contributed by atoms with van der Waals surface area (Å²) in [6.07, 6.45) is 1.54. The first-order chi connectivity index (χ1) is 7.19. The van der Waals surface area contributed by atoms with Crippen LogP contribution in [0.4, 0.5) is 4.79 Å². The number of nitrogens with zero attached hydrogens (tertiary/aromatic N) is 1. The lowest BCUT2D eigenvalue weighted by molar-refractivity contribution is -0.146. The number of carboxylic acid groups (broad SMARTS) is 1. The number of urea groups is 1. The van der Waals surface area contributed by atoms with Crippen molar-refractivity contribution in [3.8, 4) is 0 Å². The molecule has 16 heavy (non-hydrogen) atoms. The number of rotatable bonds is 5. The molecule has 0 saturated heterocycles. The predicted octanol–water partition coefficient (Wildman–Crippen LogP) is -0.130. The van der Waals surface area contributed by atoms with Gasteiger partial charge in [0.1, 0.15) is 5.54 Å². The summed E-state index contributed by atoms with van der Waals surface area (Å²) in [5.74, 6) is -0.725. The molecule has 0 fully saturated rings. The average Bonchev–Trinajstić information content (AvgIpc) is 2.15. The minimum atomic E-state index is -1.27. The van der Waals surface area contributed by atoms with Gasteiger partial charge in [0.25, 0.3) is 0 Å². The Kier molecular flexibility index (Phi) is 5.43. The van der Waals surface area contributed by atoms with Crippen molar-refractivity contribution in [2.45, 2.75) is 19.4 Å². The first-order valence-electron chi connectivity index (χ1n) is 4.74. The van der Waals surface area contributed by atoms with Gasteiger partial charge in [-0.25, -0.2) is 9.59 Å². The Bertz CT molecular complexity index is 304. The summed E-state index contributed by atoms with van der Waals surface area (Å²) in [5, 5.41) is 11.4. The van der Waals surface area contributed by atoms with E-state index in [1.54, 1.807) is 0 Å². The topological polar surface area (TPSA) is 86.7 Å². The molecule has 7 heteroatoms. The lowest BCUT2D eigenvalue weighted by Crippen LogP contribution is -2.54. The van der Waals surface area contributed by atoms with E-state index in [-0.39, 0.29) is 6.54 Å². The zero-order chi connectivity index (χ0) is 12.9. The Morgan fingerprint density at radius 3 is 2.31 bits per heavy atom. The third-order valence-corrected chi connectivity index (χ3v) is 3.11. The fourth-order valence-electron chi connectivity index (χ4n) is 0.818. The number of aliphatic carboxylic acids is 1. The van der Waals surface area contributed by atoms with Crippen LogP contribution in [0.25, 0.3) is 0 Å². The van der Waals surface area contributed by atoms with E-state index in [1.165, 1.54) is 27.2 Å². The molecule has 0 spiro atoms. The number of nitrogens with one attached hydrogen (secondary N) is 1. The summed E-state index contributed by atoms with van der Waals surface area (Å²) < 4.78 is 10.8. The highest BCUT2D eigenvalue weighted by molar-refractivity contribution is 7.84. The molecule has 0 aliphatic rings. The van der Waals surface area contributed by atoms with E-state index >= 15 is 0 Å². The second-order valence-electron chi connectivity index (χ2n) is 3.93. The van der Waals surface area contributed by atoms with Gasteiger partial charge in [0, 0.05) is 36.4 Å². The molecule has 0 aliphatic carbocycles. The molecule has 1 unspecified atom stereocenters. The molecule has 0 radical (unpaired) electrons. The molecule has 0 aromatic heterocycles. The molecular weight excluding hydrogens is 232 g/mol. The number of hydrogen-bond donors (Lipinski definition) is 2. The Hall–Kier alpha value is -1.11. The summed E-state index contributed by atoms with van der Waals surface area (Å²) in [5.41, 5.74) is -1.27. The summed E-state index contributed by atoms with van der Waals surface area (Å²) in [6, 6.07) is -0.488. The van der Waals surface area contributed by atoms with Crippen molar-refractivity contribution in [1.82, 2.24) is 10.2 Å². The van der Waals surface area contributed by atoms with Crippen LogP contribution in [0.15, 0.2) is 0 Å². The Labute approximate surface area is 97.5 Å². The van der Waals surface area contributed by atoms with Crippen molar-refractivity contribution in [1.29, 1.82) is 0 Å². The summed E-state index contributed by atoms with van der Waals surface area (Å²) >= 11 is 0. The fourth-order valence-corrected chi connectivity index (χ4v) is 1.21. The van der Waals surface area contributed by atoms with E-state index in [9.17, 15) is 13.8 Å². The lowest BCUT2D eigenvalue weighted by atomic mass is 10.1. The molecule has 2 N–H and O–H groups in total. The smallest absolute Gasteiger partial charge is 0.329 e. The van der Waals surface area contributed by atoms with Gasteiger partial charge in [-0.05, 0) is 13.8 Å². The van der Waals surface area contributed by atoms with Crippen molar-refractivity contribution in [2.24, 2.45) is 0 Å². The third-order valence-electron chi connectivity index (χ3n) is 2.33. The molecule has 1 atom stereocenters. The van der Waals surface area contributed by atoms with E-state index in [2.05, 4.69) is 5.32 Å². The molecule has 0 heterocycles. The summed E-state index contributed by atoms with van der Waals surface area (Å²) in [4.78, 5) is 23.5. The van der Waals surface area contributed by atoms with Crippen molar-refractivity contribution >= 4 is 22.8 Å². The van der Waals surface area contributed by atoms with Crippen molar-refractivity contribution in [3.05, 3.63) is 0 Å². The van der Waals surface area contributed by atoms with Crippen molar-refractivity contribution in [3.63, 3.8) is 0 Å². The number of carbonyl (C=O) groups is 2. The molecule has 0 aromatic rings. The number of amides is 2. The summed E-state index contributed by atoms with van der Waals surface area (Å²) in [6.45, 7) is 3.14. The van der Waals surface area contributed by atoms with Gasteiger partial charge in [-0.1, -0.05) is 0 Å². The van der Waals surface area contributed by atoms with Crippen LogP contribution in [0, 0.1) is 0 Å². The zero-order valence-electron chi connectivity index (χ0n) is 9.94. The predicted molar refractivity (Wildman–Crippen MR) is 61.8 cm³/mol. The normalized spacial score (nSPS) is 13.0. The van der Waals surface area contributed by atoms with E-state index in [0.717, 1.165) is 4.90 Å². The highest BCUT2D eigenvalue weighted by Crippen LogP contribution is 2.11. The van der Waals surface area contributed by atoms with Crippen molar-refractivity contribution < 1.29 is 18.9 Å². The average molecular weight is 250 g/mol. The van der Waals surface area contributed by atoms with Gasteiger partial charge in [0.15, 0.2) is 0 Å². The SMILES string of the molecule is CN(C(=O)NCCS(C)=O)C(C)(C)C(=O)O. The molecule has 2 amide bonds. The van der Waals surface area contributed by atoms with Crippen molar-refractivity contribution in [2.75, 3.05) is 25.6 Å². The van der Waals surface area contributed by atoms with Gasteiger partial charge < -0.3 is 15.3 Å². The highest BCUT2D eigenvalue weighted by atomic mass is 32.2. The van der Waals surface area contributed by atoms with Crippen LogP contribution in [0.5, 0.6) is 0 Å². The number of hydrogen-bond acceptors (Lipinski definition) is 3. The van der Waals surface area contributed by atoms with Gasteiger partial charge >= 0.3 is 12.0 Å². The molecule has 0 aromatic carbocycles. The lowest BCUT2D eigenvalue weighted by Gasteiger charge is -2.31. The third kappa shape index (κ3) is 4.18. The molecule has 0 saturated carbocycles. The van der Waals surface area contributed by atoms with Crippen LogP contribution in [0.2, 0.25) is 0 Å². The Balaban J connectivity index is 4.29. The van der Waals surface area contributed by atoms with E-state index in [0.29, 0.717) is 5.75 Å². The number of likely N-dealkylation sites (N-methyl/N-ethyl adjacent to an activating group) is 1. The Morgan fingerprint density at radius 2 is 1.94 bits per heavy atom. The molecule has 6 nitrogen and oxygen atoms in total. The van der Waals surface area contributed by atoms with E-state index < -0.39 is 28.3 Å². The number of carboxylic acids is 1. The quantitative estimate of drug-likeness (QED) is 0.711. The Morgan fingerprint density at radius 1 is 1.44 bits per heavy atom. The van der Waals surface area contributed by atoms with Gasteiger partial charge in [-0.15, -0.1) is 0 Å². The van der Waals surface area contributed by atoms with E-state index in [4.69, 9.17) is 5.11 Å². The van der Waals surface area contributed by atoms with Crippen LogP contribution in [-0.2, 0) is 15.6 Å². The van der Waals surface area contributed by atoms with Crippen LogP contribution in [-0.4, -0.2) is 57.4 Å². The van der Waals surface area contributed by atoms with Gasteiger partial charge in [-0.2, -0.15) is 0 Å². The highest BCUT2D eigenvalue weighted by Gasteiger charge is 2.34. The minimum absolute atomic E-state index is 0.266. The molecule has 0 bridgehead atoms. The minimum Gasteiger partial charge on any atom is -0.480 e. The van der Waals surface area contributed by atoms with Crippen LogP contribution in [0.3, 0.4) is 0 Å². The largest absolute Gasteiger partial charge is 0.480 e. The molecule has 94 valence electrons. The second kappa shape index (κ2) is 5.83. The first kappa shape index (κ1) is 14.9. The monoisotopic (exact) mass is 250 g/mol. The maximum absolute atomic E-state index is 11.5.